The SMILES string of the molecule is O=C(c1cc(Cl)cc([N+](=O)[O-])c1)N1CCCCC1CCl. The van der Waals surface area contributed by atoms with Crippen LogP contribution in [0.4, 0.5) is 5.69 Å². The minimum absolute atomic E-state index is 0.0176. The van der Waals surface area contributed by atoms with Gasteiger partial charge in [0.05, 0.1) is 4.92 Å². The van der Waals surface area contributed by atoms with Gasteiger partial charge in [-0.15, -0.1) is 11.6 Å². The van der Waals surface area contributed by atoms with Crippen LogP contribution >= 0.6 is 23.2 Å². The Morgan fingerprint density at radius 1 is 1.40 bits per heavy atom. The number of likely N-dealkylation sites (tertiary alicyclic amines) is 1. The van der Waals surface area contributed by atoms with Crippen molar-refractivity contribution in [2.24, 2.45) is 0 Å². The number of halogens is 2. The molecule has 0 bridgehead atoms. The van der Waals surface area contributed by atoms with Crippen LogP contribution in [0.2, 0.25) is 5.02 Å². The summed E-state index contributed by atoms with van der Waals surface area (Å²) in [5.41, 5.74) is 0.0569. The lowest BCUT2D eigenvalue weighted by Gasteiger charge is -2.34. The van der Waals surface area contributed by atoms with Crippen LogP contribution in [0.25, 0.3) is 0 Å². The van der Waals surface area contributed by atoms with E-state index in [-0.39, 0.29) is 28.2 Å². The molecular formula is C13H14Cl2N2O3. The summed E-state index contributed by atoms with van der Waals surface area (Å²) in [5, 5.41) is 11.0. The number of nitrogens with zero attached hydrogens (tertiary/aromatic N) is 2. The van der Waals surface area contributed by atoms with Gasteiger partial charge >= 0.3 is 0 Å². The van der Waals surface area contributed by atoms with Crippen LogP contribution in [0, 0.1) is 10.1 Å². The van der Waals surface area contributed by atoms with Crippen molar-refractivity contribution in [3.63, 3.8) is 0 Å². The van der Waals surface area contributed by atoms with Gasteiger partial charge in [-0.2, -0.15) is 0 Å². The van der Waals surface area contributed by atoms with Gasteiger partial charge in [-0.25, -0.2) is 0 Å². The maximum Gasteiger partial charge on any atom is 0.271 e. The zero-order valence-corrected chi connectivity index (χ0v) is 12.2. The highest BCUT2D eigenvalue weighted by molar-refractivity contribution is 6.31. The van der Waals surface area contributed by atoms with E-state index in [2.05, 4.69) is 0 Å². The largest absolute Gasteiger partial charge is 0.334 e. The molecule has 0 saturated carbocycles. The molecule has 1 saturated heterocycles. The molecule has 1 aromatic rings. The fourth-order valence-corrected chi connectivity index (χ4v) is 2.95. The first-order chi connectivity index (χ1) is 9.52. The molecule has 7 heteroatoms. The maximum absolute atomic E-state index is 12.5. The first-order valence-corrected chi connectivity index (χ1v) is 7.26. The molecule has 1 heterocycles. The molecule has 1 aromatic carbocycles. The monoisotopic (exact) mass is 316 g/mol. The lowest BCUT2D eigenvalue weighted by Crippen LogP contribution is -2.44. The van der Waals surface area contributed by atoms with Crippen molar-refractivity contribution in [2.45, 2.75) is 25.3 Å². The van der Waals surface area contributed by atoms with Gasteiger partial charge in [-0.05, 0) is 25.3 Å². The first kappa shape index (κ1) is 15.1. The predicted octanol–water partition coefficient (Wildman–Crippen LogP) is 3.48. The Labute approximate surface area is 126 Å². The minimum atomic E-state index is -0.558. The molecule has 1 atom stereocenters. The molecule has 0 spiro atoms. The van der Waals surface area contributed by atoms with Gasteiger partial charge in [0, 0.05) is 41.2 Å². The molecule has 1 aliphatic rings. The third kappa shape index (κ3) is 3.22. The molecule has 20 heavy (non-hydrogen) atoms. The highest BCUT2D eigenvalue weighted by atomic mass is 35.5. The molecule has 2 rings (SSSR count). The van der Waals surface area contributed by atoms with Crippen molar-refractivity contribution < 1.29 is 9.72 Å². The van der Waals surface area contributed by atoms with Gasteiger partial charge in [-0.1, -0.05) is 11.6 Å². The van der Waals surface area contributed by atoms with Crippen LogP contribution in [0.3, 0.4) is 0 Å². The Bertz CT molecular complexity index is 536. The summed E-state index contributed by atoms with van der Waals surface area (Å²) in [6.07, 6.45) is 2.82. The second-order valence-corrected chi connectivity index (χ2v) is 5.50. The predicted molar refractivity (Wildman–Crippen MR) is 77.5 cm³/mol. The van der Waals surface area contributed by atoms with E-state index in [0.717, 1.165) is 19.3 Å². The lowest BCUT2D eigenvalue weighted by molar-refractivity contribution is -0.384. The van der Waals surface area contributed by atoms with E-state index < -0.39 is 4.92 Å². The topological polar surface area (TPSA) is 63.4 Å². The normalized spacial score (nSPS) is 18.9. The Hall–Kier alpha value is -1.33. The fraction of sp³-hybridized carbons (Fsp3) is 0.462. The van der Waals surface area contributed by atoms with Crippen LogP contribution < -0.4 is 0 Å². The molecule has 108 valence electrons. The smallest absolute Gasteiger partial charge is 0.271 e. The summed E-state index contributed by atoms with van der Waals surface area (Å²) >= 11 is 11.7. The summed E-state index contributed by atoms with van der Waals surface area (Å²) in [6.45, 7) is 0.622. The quantitative estimate of drug-likeness (QED) is 0.487. The number of carbonyl (C=O) groups excluding carboxylic acids is 1. The molecule has 0 aromatic heterocycles. The van der Waals surface area contributed by atoms with Crippen molar-refractivity contribution in [2.75, 3.05) is 12.4 Å². The molecule has 1 aliphatic heterocycles. The number of amides is 1. The van der Waals surface area contributed by atoms with Crippen LogP contribution in [-0.2, 0) is 0 Å². The van der Waals surface area contributed by atoms with Crippen molar-refractivity contribution in [1.82, 2.24) is 4.90 Å². The summed E-state index contributed by atoms with van der Waals surface area (Å²) in [5.74, 6) is 0.120. The van der Waals surface area contributed by atoms with Gasteiger partial charge in [0.1, 0.15) is 0 Å². The van der Waals surface area contributed by atoms with Gasteiger partial charge < -0.3 is 4.90 Å². The van der Waals surface area contributed by atoms with Crippen LogP contribution in [0.1, 0.15) is 29.6 Å². The number of rotatable bonds is 3. The minimum Gasteiger partial charge on any atom is -0.334 e. The zero-order chi connectivity index (χ0) is 14.7. The van der Waals surface area contributed by atoms with E-state index in [1.807, 2.05) is 0 Å². The maximum atomic E-state index is 12.5. The number of benzene rings is 1. The van der Waals surface area contributed by atoms with Crippen molar-refractivity contribution in [1.29, 1.82) is 0 Å². The Balaban J connectivity index is 2.30. The third-order valence-corrected chi connectivity index (χ3v) is 3.98. The third-order valence-electron chi connectivity index (χ3n) is 3.41. The standard InChI is InChI=1S/C13H14Cl2N2O3/c14-8-11-3-1-2-4-16(11)13(18)9-5-10(15)7-12(6-9)17(19)20/h5-7,11H,1-4,8H2. The number of hydrogen-bond donors (Lipinski definition) is 0. The number of nitro groups is 1. The molecule has 1 unspecified atom stereocenters. The molecule has 0 radical (unpaired) electrons. The van der Waals surface area contributed by atoms with E-state index in [1.54, 1.807) is 4.90 Å². The van der Waals surface area contributed by atoms with Crippen molar-refractivity contribution in [3.05, 3.63) is 38.9 Å². The van der Waals surface area contributed by atoms with E-state index in [0.29, 0.717) is 12.4 Å². The number of non-ortho nitro benzene ring substituents is 1. The van der Waals surface area contributed by atoms with Crippen LogP contribution in [0.5, 0.6) is 0 Å². The van der Waals surface area contributed by atoms with Crippen molar-refractivity contribution in [3.8, 4) is 0 Å². The summed E-state index contributed by atoms with van der Waals surface area (Å²) in [7, 11) is 0. The summed E-state index contributed by atoms with van der Waals surface area (Å²) < 4.78 is 0. The van der Waals surface area contributed by atoms with Gasteiger partial charge in [0.2, 0.25) is 0 Å². The number of hydrogen-bond acceptors (Lipinski definition) is 3. The number of carbonyl (C=O) groups is 1. The average molecular weight is 317 g/mol. The summed E-state index contributed by atoms with van der Waals surface area (Å²) in [6, 6.07) is 3.93. The van der Waals surface area contributed by atoms with Gasteiger partial charge in [0.25, 0.3) is 11.6 Å². The first-order valence-electron chi connectivity index (χ1n) is 6.35. The second kappa shape index (κ2) is 6.41. The second-order valence-electron chi connectivity index (χ2n) is 4.76. The van der Waals surface area contributed by atoms with E-state index in [4.69, 9.17) is 23.2 Å². The Morgan fingerprint density at radius 3 is 2.80 bits per heavy atom. The zero-order valence-electron chi connectivity index (χ0n) is 10.7. The van der Waals surface area contributed by atoms with Gasteiger partial charge in [0.15, 0.2) is 0 Å². The van der Waals surface area contributed by atoms with E-state index in [9.17, 15) is 14.9 Å². The number of alkyl halides is 1. The lowest BCUT2D eigenvalue weighted by atomic mass is 10.0. The van der Waals surface area contributed by atoms with E-state index in [1.165, 1.54) is 18.2 Å². The van der Waals surface area contributed by atoms with E-state index >= 15 is 0 Å². The van der Waals surface area contributed by atoms with Crippen LogP contribution in [-0.4, -0.2) is 34.2 Å². The summed E-state index contributed by atoms with van der Waals surface area (Å²) in [4.78, 5) is 24.4. The highest BCUT2D eigenvalue weighted by Crippen LogP contribution is 2.25. The average Bonchev–Trinajstić information content (AvgIpc) is 2.45. The molecule has 5 nitrogen and oxygen atoms in total. The van der Waals surface area contributed by atoms with Crippen molar-refractivity contribution >= 4 is 34.8 Å². The molecule has 0 N–H and O–H groups in total. The molecule has 0 aliphatic carbocycles. The molecule has 1 amide bonds. The number of piperidine rings is 1. The highest BCUT2D eigenvalue weighted by Gasteiger charge is 2.27. The Kier molecular flexibility index (Phi) is 4.83. The number of nitro benzene ring substituents is 1. The molecular weight excluding hydrogens is 303 g/mol. The molecule has 1 fully saturated rings. The fourth-order valence-electron chi connectivity index (χ4n) is 2.40. The van der Waals surface area contributed by atoms with Crippen LogP contribution in [0.15, 0.2) is 18.2 Å². The Morgan fingerprint density at radius 2 is 2.15 bits per heavy atom. The van der Waals surface area contributed by atoms with Gasteiger partial charge in [-0.3, -0.25) is 14.9 Å².